The number of aliphatic carboxylic acids is 1. The number of para-hydroxylation sites is 2. The SMILES string of the molecule is C/C(=N\OCC(=O)O)c1nc2ccccc2n(C2CC3CCCC(C2)N3C2CC3CCCCC(C3)C2)c1=O. The van der Waals surface area contributed by atoms with Gasteiger partial charge in [0, 0.05) is 24.2 Å². The lowest BCUT2D eigenvalue weighted by atomic mass is 9.73. The Kier molecular flexibility index (Phi) is 7.25. The zero-order valence-corrected chi connectivity index (χ0v) is 22.4. The van der Waals surface area contributed by atoms with Gasteiger partial charge >= 0.3 is 5.97 Å². The Labute approximate surface area is 224 Å². The second-order valence-electron chi connectivity index (χ2n) is 12.2. The van der Waals surface area contributed by atoms with Gasteiger partial charge in [-0.05, 0) is 75.8 Å². The quantitative estimate of drug-likeness (QED) is 0.419. The third-order valence-corrected chi connectivity index (χ3v) is 9.67. The molecule has 4 unspecified atom stereocenters. The van der Waals surface area contributed by atoms with E-state index in [-0.39, 0.29) is 17.3 Å². The van der Waals surface area contributed by atoms with E-state index in [2.05, 4.69) is 15.0 Å². The Balaban J connectivity index is 1.31. The Bertz CT molecular complexity index is 1240. The summed E-state index contributed by atoms with van der Waals surface area (Å²) < 4.78 is 1.97. The number of benzene rings is 1. The maximum Gasteiger partial charge on any atom is 0.344 e. The summed E-state index contributed by atoms with van der Waals surface area (Å²) in [7, 11) is 0. The molecule has 1 aromatic heterocycles. The molecule has 4 fully saturated rings. The number of rotatable bonds is 6. The molecule has 1 N–H and O–H groups in total. The highest BCUT2D eigenvalue weighted by molar-refractivity contribution is 5.97. The molecule has 0 spiro atoms. The van der Waals surface area contributed by atoms with Gasteiger partial charge in [0.05, 0.1) is 11.0 Å². The fourth-order valence-corrected chi connectivity index (χ4v) is 8.29. The molecule has 204 valence electrons. The predicted octanol–water partition coefficient (Wildman–Crippen LogP) is 5.14. The fraction of sp³-hybridized carbons (Fsp3) is 0.667. The number of carboxylic acids is 1. The lowest BCUT2D eigenvalue weighted by molar-refractivity contribution is -0.142. The van der Waals surface area contributed by atoms with Crippen molar-refractivity contribution < 1.29 is 14.7 Å². The van der Waals surface area contributed by atoms with Crippen molar-refractivity contribution in [1.82, 2.24) is 14.5 Å². The zero-order chi connectivity index (χ0) is 26.2. The molecule has 6 rings (SSSR count). The Morgan fingerprint density at radius 3 is 2.32 bits per heavy atom. The van der Waals surface area contributed by atoms with Crippen LogP contribution in [0.2, 0.25) is 0 Å². The van der Waals surface area contributed by atoms with Crippen LogP contribution in [-0.2, 0) is 9.63 Å². The molecule has 0 radical (unpaired) electrons. The highest BCUT2D eigenvalue weighted by Gasteiger charge is 2.45. The second-order valence-corrected chi connectivity index (χ2v) is 12.2. The molecule has 4 bridgehead atoms. The van der Waals surface area contributed by atoms with Crippen LogP contribution in [0.15, 0.2) is 34.2 Å². The summed E-state index contributed by atoms with van der Waals surface area (Å²) in [4.78, 5) is 37.3. The van der Waals surface area contributed by atoms with Crippen molar-refractivity contribution >= 4 is 22.7 Å². The maximum absolute atomic E-state index is 13.9. The molecule has 0 amide bonds. The van der Waals surface area contributed by atoms with Crippen LogP contribution < -0.4 is 5.56 Å². The van der Waals surface area contributed by atoms with Crippen molar-refractivity contribution in [2.45, 2.75) is 108 Å². The van der Waals surface area contributed by atoms with E-state index in [4.69, 9.17) is 9.94 Å². The van der Waals surface area contributed by atoms with Gasteiger partial charge in [-0.15, -0.1) is 0 Å². The molecule has 4 atom stereocenters. The van der Waals surface area contributed by atoms with Gasteiger partial charge in [0.25, 0.3) is 5.56 Å². The third kappa shape index (κ3) is 4.99. The molecule has 2 saturated carbocycles. The minimum Gasteiger partial charge on any atom is -0.479 e. The summed E-state index contributed by atoms with van der Waals surface area (Å²) >= 11 is 0. The van der Waals surface area contributed by atoms with Gasteiger partial charge in [-0.25, -0.2) is 9.78 Å². The van der Waals surface area contributed by atoms with Crippen LogP contribution in [-0.4, -0.2) is 56.0 Å². The van der Waals surface area contributed by atoms with Crippen molar-refractivity contribution in [3.8, 4) is 0 Å². The summed E-state index contributed by atoms with van der Waals surface area (Å²) in [5.41, 5.74) is 1.99. The summed E-state index contributed by atoms with van der Waals surface area (Å²) in [6.07, 6.45) is 15.5. The number of hydrogen-bond acceptors (Lipinski definition) is 6. The molecule has 2 aromatic rings. The average Bonchev–Trinajstić information content (AvgIpc) is 3.06. The Hall–Kier alpha value is -2.74. The van der Waals surface area contributed by atoms with Gasteiger partial charge in [-0.3, -0.25) is 9.69 Å². The number of hydrogen-bond donors (Lipinski definition) is 1. The molecule has 1 aromatic carbocycles. The lowest BCUT2D eigenvalue weighted by Crippen LogP contribution is -2.58. The topological polar surface area (TPSA) is 97.0 Å². The molecular weight excluding hydrogens is 480 g/mol. The number of nitrogens with zero attached hydrogens (tertiary/aromatic N) is 4. The number of oxime groups is 1. The van der Waals surface area contributed by atoms with Crippen molar-refractivity contribution in [3.63, 3.8) is 0 Å². The molecule has 8 heteroatoms. The largest absolute Gasteiger partial charge is 0.479 e. The minimum absolute atomic E-state index is 0.110. The van der Waals surface area contributed by atoms with Crippen molar-refractivity contribution in [1.29, 1.82) is 0 Å². The van der Waals surface area contributed by atoms with E-state index in [0.717, 1.165) is 35.7 Å². The van der Waals surface area contributed by atoms with Crippen LogP contribution >= 0.6 is 0 Å². The zero-order valence-electron chi connectivity index (χ0n) is 22.4. The molecule has 2 aliphatic heterocycles. The van der Waals surface area contributed by atoms with Crippen LogP contribution in [0.3, 0.4) is 0 Å². The van der Waals surface area contributed by atoms with Crippen LogP contribution in [0.4, 0.5) is 0 Å². The normalized spacial score (nSPS) is 32.1. The first-order valence-electron chi connectivity index (χ1n) is 14.7. The first-order valence-corrected chi connectivity index (χ1v) is 14.7. The van der Waals surface area contributed by atoms with E-state index in [9.17, 15) is 9.59 Å². The monoisotopic (exact) mass is 520 g/mol. The minimum atomic E-state index is -1.11. The van der Waals surface area contributed by atoms with Crippen LogP contribution in [0.25, 0.3) is 11.0 Å². The van der Waals surface area contributed by atoms with Crippen LogP contribution in [0.1, 0.15) is 95.7 Å². The molecule has 2 saturated heterocycles. The smallest absolute Gasteiger partial charge is 0.344 e. The number of fused-ring (bicyclic) bond motifs is 5. The van der Waals surface area contributed by atoms with Gasteiger partial charge in [-0.2, -0.15) is 0 Å². The number of aromatic nitrogens is 2. The summed E-state index contributed by atoms with van der Waals surface area (Å²) in [6.45, 7) is 1.11. The molecule has 2 aliphatic carbocycles. The standard InChI is InChI=1S/C30H40N4O4/c1-19(32-38-18-28(35)36)29-30(37)34(27-12-5-4-11-26(27)31-29)25-16-22-9-6-10-23(17-25)33(22)24-14-20-7-2-3-8-21(13-20)15-24/h4-5,11-12,20-25H,2-3,6-10,13-18H2,1H3,(H,35,36)/b32-19+. The van der Waals surface area contributed by atoms with Gasteiger partial charge < -0.3 is 14.5 Å². The second kappa shape index (κ2) is 10.8. The van der Waals surface area contributed by atoms with E-state index in [0.29, 0.717) is 23.8 Å². The fourth-order valence-electron chi connectivity index (χ4n) is 8.29. The predicted molar refractivity (Wildman–Crippen MR) is 146 cm³/mol. The van der Waals surface area contributed by atoms with E-state index < -0.39 is 12.6 Å². The Morgan fingerprint density at radius 2 is 1.63 bits per heavy atom. The summed E-state index contributed by atoms with van der Waals surface area (Å²) in [5.74, 6) is 0.695. The third-order valence-electron chi connectivity index (χ3n) is 9.67. The van der Waals surface area contributed by atoms with Crippen molar-refractivity contribution in [2.75, 3.05) is 6.61 Å². The van der Waals surface area contributed by atoms with E-state index in [1.54, 1.807) is 6.92 Å². The van der Waals surface area contributed by atoms with Gasteiger partial charge in [-0.1, -0.05) is 49.4 Å². The maximum atomic E-state index is 13.9. The molecule has 3 heterocycles. The number of piperidine rings is 2. The molecule has 4 aliphatic rings. The summed E-state index contributed by atoms with van der Waals surface area (Å²) in [6, 6.07) is 9.68. The van der Waals surface area contributed by atoms with E-state index in [1.165, 1.54) is 64.2 Å². The van der Waals surface area contributed by atoms with Gasteiger partial charge in [0.1, 0.15) is 5.71 Å². The highest BCUT2D eigenvalue weighted by atomic mass is 16.6. The van der Waals surface area contributed by atoms with Crippen LogP contribution in [0.5, 0.6) is 0 Å². The van der Waals surface area contributed by atoms with Crippen LogP contribution in [0, 0.1) is 11.8 Å². The Morgan fingerprint density at radius 1 is 0.947 bits per heavy atom. The van der Waals surface area contributed by atoms with Gasteiger partial charge in [0.15, 0.2) is 5.69 Å². The molecule has 38 heavy (non-hydrogen) atoms. The van der Waals surface area contributed by atoms with E-state index in [1.807, 2.05) is 28.8 Å². The average molecular weight is 521 g/mol. The first-order chi connectivity index (χ1) is 18.5. The van der Waals surface area contributed by atoms with Crippen molar-refractivity contribution in [2.24, 2.45) is 17.0 Å². The van der Waals surface area contributed by atoms with E-state index >= 15 is 0 Å². The highest BCUT2D eigenvalue weighted by Crippen LogP contribution is 2.46. The number of carbonyl (C=O) groups is 1. The molecular formula is C30H40N4O4. The molecule has 8 nitrogen and oxygen atoms in total. The van der Waals surface area contributed by atoms with Crippen molar-refractivity contribution in [3.05, 3.63) is 40.3 Å². The summed E-state index contributed by atoms with van der Waals surface area (Å²) in [5, 5.41) is 12.8. The number of carboxylic acid groups (broad SMARTS) is 1. The first kappa shape index (κ1) is 25.5. The lowest BCUT2D eigenvalue weighted by Gasteiger charge is -2.54. The van der Waals surface area contributed by atoms with Gasteiger partial charge in [0.2, 0.25) is 6.61 Å².